The van der Waals surface area contributed by atoms with Crippen molar-refractivity contribution in [2.24, 2.45) is 9.98 Å². The molecule has 2 aliphatic heterocycles. The molecular formula is C51H38N4. The van der Waals surface area contributed by atoms with Crippen molar-refractivity contribution in [1.29, 1.82) is 0 Å². The van der Waals surface area contributed by atoms with Gasteiger partial charge in [0, 0.05) is 34.5 Å². The van der Waals surface area contributed by atoms with Crippen molar-refractivity contribution in [3.8, 4) is 50.3 Å². The lowest BCUT2D eigenvalue weighted by Crippen LogP contribution is -2.22. The Morgan fingerprint density at radius 1 is 0.618 bits per heavy atom. The number of aliphatic imine (C=N–C) groups is 2. The fourth-order valence-electron chi connectivity index (χ4n) is 9.24. The van der Waals surface area contributed by atoms with Crippen LogP contribution in [0.2, 0.25) is 0 Å². The molecule has 1 atom stereocenters. The summed E-state index contributed by atoms with van der Waals surface area (Å²) >= 11 is 0. The largest absolute Gasteiger partial charge is 0.315 e. The minimum absolute atomic E-state index is 0.0835. The van der Waals surface area contributed by atoms with Gasteiger partial charge in [0.25, 0.3) is 0 Å². The molecule has 1 aliphatic carbocycles. The molecule has 3 aliphatic rings. The highest BCUT2D eigenvalue weighted by Crippen LogP contribution is 2.51. The number of hydrogen-bond donors (Lipinski definition) is 0. The second kappa shape index (κ2) is 12.1. The molecule has 1 aromatic heterocycles. The van der Waals surface area contributed by atoms with E-state index in [-0.39, 0.29) is 11.5 Å². The molecule has 0 amide bonds. The Morgan fingerprint density at radius 3 is 2.15 bits per heavy atom. The maximum Gasteiger partial charge on any atom is 0.225 e. The lowest BCUT2D eigenvalue weighted by Gasteiger charge is -2.22. The van der Waals surface area contributed by atoms with Crippen LogP contribution >= 0.6 is 0 Å². The minimum Gasteiger partial charge on any atom is -0.315 e. The predicted molar refractivity (Wildman–Crippen MR) is 229 cm³/mol. The van der Waals surface area contributed by atoms with Crippen LogP contribution in [0.25, 0.3) is 72.0 Å². The molecule has 0 radical (unpaired) electrons. The summed E-state index contributed by atoms with van der Waals surface area (Å²) in [6, 6.07) is 58.4. The Bertz CT molecular complexity index is 2910. The monoisotopic (exact) mass is 706 g/mol. The topological polar surface area (TPSA) is 32.9 Å². The van der Waals surface area contributed by atoms with Gasteiger partial charge < -0.3 is 9.47 Å². The molecule has 0 N–H and O–H groups in total. The average Bonchev–Trinajstić information content (AvgIpc) is 3.90. The van der Waals surface area contributed by atoms with Crippen LogP contribution in [0.4, 0.5) is 0 Å². The van der Waals surface area contributed by atoms with Gasteiger partial charge >= 0.3 is 0 Å². The second-order valence-corrected chi connectivity index (χ2v) is 15.4. The summed E-state index contributed by atoms with van der Waals surface area (Å²) in [6.07, 6.45) is 5.82. The Kier molecular flexibility index (Phi) is 6.99. The third-order valence-electron chi connectivity index (χ3n) is 12.0. The highest BCUT2D eigenvalue weighted by molar-refractivity contribution is 6.19. The van der Waals surface area contributed by atoms with E-state index < -0.39 is 0 Å². The molecule has 55 heavy (non-hydrogen) atoms. The number of benzene rings is 7. The summed E-state index contributed by atoms with van der Waals surface area (Å²) in [7, 11) is 0. The molecule has 11 rings (SSSR count). The van der Waals surface area contributed by atoms with Crippen molar-refractivity contribution >= 4 is 33.8 Å². The molecule has 4 heteroatoms. The van der Waals surface area contributed by atoms with Crippen LogP contribution in [0.15, 0.2) is 180 Å². The van der Waals surface area contributed by atoms with Crippen LogP contribution in [0.3, 0.4) is 0 Å². The third kappa shape index (κ3) is 4.91. The zero-order valence-corrected chi connectivity index (χ0v) is 30.8. The van der Waals surface area contributed by atoms with Gasteiger partial charge in [-0.25, -0.2) is 9.98 Å². The first-order chi connectivity index (χ1) is 27.0. The molecule has 0 fully saturated rings. The molecule has 4 nitrogen and oxygen atoms in total. The SMILES string of the molecule is CC1(C)c2ccccc2-c2ccc(-n3c(-c4ccccc4)c(-c4ccccc4)c4c5ccc(-c6ccc(C7CN8C=CC=NC8=N7)cc6)cc5ccc43)cc21. The van der Waals surface area contributed by atoms with E-state index in [4.69, 9.17) is 4.99 Å². The van der Waals surface area contributed by atoms with Gasteiger partial charge in [0.15, 0.2) is 0 Å². The Balaban J connectivity index is 1.10. The fraction of sp³-hybridized carbons (Fsp3) is 0.0980. The van der Waals surface area contributed by atoms with E-state index >= 15 is 0 Å². The van der Waals surface area contributed by atoms with E-state index in [0.29, 0.717) is 0 Å². The van der Waals surface area contributed by atoms with E-state index in [0.717, 1.165) is 12.5 Å². The van der Waals surface area contributed by atoms with Crippen molar-refractivity contribution in [3.63, 3.8) is 0 Å². The molecule has 0 bridgehead atoms. The number of aromatic nitrogens is 1. The van der Waals surface area contributed by atoms with Crippen molar-refractivity contribution in [3.05, 3.63) is 187 Å². The number of hydrogen-bond acceptors (Lipinski definition) is 3. The molecular weight excluding hydrogens is 669 g/mol. The summed E-state index contributed by atoms with van der Waals surface area (Å²) in [4.78, 5) is 11.4. The fourth-order valence-corrected chi connectivity index (χ4v) is 9.24. The maximum absolute atomic E-state index is 4.86. The summed E-state index contributed by atoms with van der Waals surface area (Å²) in [5, 5.41) is 3.73. The summed E-state index contributed by atoms with van der Waals surface area (Å²) in [5.74, 6) is 0.794. The van der Waals surface area contributed by atoms with E-state index in [2.05, 4.69) is 192 Å². The second-order valence-electron chi connectivity index (χ2n) is 15.4. The zero-order valence-electron chi connectivity index (χ0n) is 30.8. The number of allylic oxidation sites excluding steroid dienone is 1. The Hall–Kier alpha value is -6.78. The first-order valence-electron chi connectivity index (χ1n) is 19.2. The molecule has 262 valence electrons. The van der Waals surface area contributed by atoms with Gasteiger partial charge in [0.05, 0.1) is 23.8 Å². The Labute approximate surface area is 321 Å². The van der Waals surface area contributed by atoms with Gasteiger partial charge in [-0.1, -0.05) is 147 Å². The lowest BCUT2D eigenvalue weighted by atomic mass is 9.82. The standard InChI is InChI=1S/C51H38N4/c1-51(2)43-17-10-9-16-41(43)42-26-24-39(31-44(42)51)55-46-27-23-38-30-37(33-18-20-34(21-19-33)45-32-54-29-11-28-52-50(54)53-45)22-25-40(38)48(46)47(35-12-5-3-6-13-35)49(55)36-14-7-4-8-15-36/h3-31,45H,32H2,1-2H3. The van der Waals surface area contributed by atoms with Gasteiger partial charge in [-0.2, -0.15) is 0 Å². The van der Waals surface area contributed by atoms with Gasteiger partial charge in [-0.05, 0) is 91.2 Å². The number of rotatable bonds is 5. The molecule has 0 spiro atoms. The molecule has 1 unspecified atom stereocenters. The summed E-state index contributed by atoms with van der Waals surface area (Å²) < 4.78 is 2.51. The third-order valence-corrected chi connectivity index (χ3v) is 12.0. The highest BCUT2D eigenvalue weighted by atomic mass is 15.3. The van der Waals surface area contributed by atoms with Crippen molar-refractivity contribution in [1.82, 2.24) is 9.47 Å². The van der Waals surface area contributed by atoms with Gasteiger partial charge in [0.1, 0.15) is 0 Å². The van der Waals surface area contributed by atoms with Crippen molar-refractivity contribution in [2.45, 2.75) is 25.3 Å². The van der Waals surface area contributed by atoms with Crippen LogP contribution in [-0.2, 0) is 5.41 Å². The summed E-state index contributed by atoms with van der Waals surface area (Å²) in [6.45, 7) is 5.54. The van der Waals surface area contributed by atoms with E-state index in [1.54, 1.807) is 6.21 Å². The van der Waals surface area contributed by atoms with Crippen LogP contribution in [0.5, 0.6) is 0 Å². The number of guanidine groups is 1. The van der Waals surface area contributed by atoms with E-state index in [1.807, 2.05) is 6.08 Å². The van der Waals surface area contributed by atoms with E-state index in [1.165, 1.54) is 88.7 Å². The van der Waals surface area contributed by atoms with Gasteiger partial charge in [0.2, 0.25) is 5.96 Å². The highest BCUT2D eigenvalue weighted by Gasteiger charge is 2.36. The average molecular weight is 707 g/mol. The van der Waals surface area contributed by atoms with E-state index in [9.17, 15) is 0 Å². The Morgan fingerprint density at radius 2 is 1.35 bits per heavy atom. The van der Waals surface area contributed by atoms with Gasteiger partial charge in [-0.15, -0.1) is 0 Å². The first-order valence-corrected chi connectivity index (χ1v) is 19.2. The molecule has 0 saturated heterocycles. The summed E-state index contributed by atoms with van der Waals surface area (Å²) in [5.41, 5.74) is 16.1. The number of nitrogens with zero attached hydrogens (tertiary/aromatic N) is 4. The van der Waals surface area contributed by atoms with Crippen molar-refractivity contribution < 1.29 is 0 Å². The molecule has 7 aromatic carbocycles. The molecule has 3 heterocycles. The zero-order chi connectivity index (χ0) is 36.7. The van der Waals surface area contributed by atoms with Crippen molar-refractivity contribution in [2.75, 3.05) is 6.54 Å². The number of fused-ring (bicyclic) bond motifs is 7. The normalized spacial score (nSPS) is 16.4. The quantitative estimate of drug-likeness (QED) is 0.175. The van der Waals surface area contributed by atoms with Crippen LogP contribution in [0, 0.1) is 0 Å². The first kappa shape index (κ1) is 31.7. The minimum atomic E-state index is -0.103. The lowest BCUT2D eigenvalue weighted by molar-refractivity contribution is 0.546. The maximum atomic E-state index is 4.86. The smallest absolute Gasteiger partial charge is 0.225 e. The van der Waals surface area contributed by atoms with Crippen LogP contribution < -0.4 is 0 Å². The van der Waals surface area contributed by atoms with Gasteiger partial charge in [-0.3, -0.25) is 0 Å². The predicted octanol–water partition coefficient (Wildman–Crippen LogP) is 12.4. The molecule has 0 saturated carbocycles. The van der Waals surface area contributed by atoms with Crippen LogP contribution in [-0.4, -0.2) is 28.2 Å². The van der Waals surface area contributed by atoms with Crippen LogP contribution in [0.1, 0.15) is 36.6 Å². The molecule has 8 aromatic rings.